The molecule has 122 valence electrons. The zero-order valence-electron chi connectivity index (χ0n) is 8.03. The number of hydrogen-bond donors (Lipinski definition) is 0. The fourth-order valence-corrected chi connectivity index (χ4v) is 0. The van der Waals surface area contributed by atoms with Crippen LogP contribution in [-0.2, 0) is 0 Å². The van der Waals surface area contributed by atoms with Gasteiger partial charge in [0.25, 0.3) is 6.08 Å². The van der Waals surface area contributed by atoms with Crippen molar-refractivity contribution in [3.63, 3.8) is 0 Å². The largest absolute Gasteiger partial charge is 1.00 e. The van der Waals surface area contributed by atoms with Gasteiger partial charge in [0, 0.05) is 0 Å². The van der Waals surface area contributed by atoms with Gasteiger partial charge in [0.1, 0.15) is 0 Å². The summed E-state index contributed by atoms with van der Waals surface area (Å²) in [5, 5.41) is 0. The van der Waals surface area contributed by atoms with Crippen molar-refractivity contribution in [2.24, 2.45) is 0 Å². The van der Waals surface area contributed by atoms with Gasteiger partial charge < -0.3 is 47.0 Å². The minimum absolute atomic E-state index is 0. The smallest absolute Gasteiger partial charge is 0.263 e. The summed E-state index contributed by atoms with van der Waals surface area (Å²) in [5.41, 5.74) is 0. The van der Waals surface area contributed by atoms with Crippen LogP contribution in [0.1, 0.15) is 6.92 Å². The van der Waals surface area contributed by atoms with Gasteiger partial charge in [0.05, 0.1) is 0 Å². The first kappa shape index (κ1) is 253. The van der Waals surface area contributed by atoms with Gasteiger partial charge in [0.2, 0.25) is 0 Å². The summed E-state index contributed by atoms with van der Waals surface area (Å²) in [5.74, 6) is 0. The second-order valence-electron chi connectivity index (χ2n) is 0.747. The van der Waals surface area contributed by atoms with Gasteiger partial charge in [-0.3, -0.25) is 0 Å². The Morgan fingerprint density at radius 1 is 0.706 bits per heavy atom. The lowest BCUT2D eigenvalue weighted by molar-refractivity contribution is -0.00100. The SMILES string of the molecule is C=C(F)F.C=CC.[F-].[F-].[F-].[F-].[F-].[F-].[F-].[F-].[F-].[F-]. The van der Waals surface area contributed by atoms with Gasteiger partial charge in [-0.1, -0.05) is 6.08 Å². The van der Waals surface area contributed by atoms with E-state index in [4.69, 9.17) is 0 Å². The van der Waals surface area contributed by atoms with E-state index in [0.717, 1.165) is 0 Å². The molecular weight excluding hydrogens is 288 g/mol. The Balaban J connectivity index is -0.00000000187. The zero-order chi connectivity index (χ0) is 6.28. The predicted octanol–water partition coefficient (Wildman–Crippen LogP) is -27.4. The Morgan fingerprint density at radius 2 is 0.706 bits per heavy atom. The first-order valence-corrected chi connectivity index (χ1v) is 1.72. The molecule has 0 fully saturated rings. The minimum atomic E-state index is -1.83. The van der Waals surface area contributed by atoms with Crippen LogP contribution < -0.4 is 47.0 Å². The molecule has 12 heteroatoms. The zero-order valence-corrected chi connectivity index (χ0v) is 8.03. The van der Waals surface area contributed by atoms with Crippen LogP contribution >= 0.6 is 0 Å². The Hall–Kier alpha value is -1.36. The lowest BCUT2D eigenvalue weighted by Crippen LogP contribution is -3.00. The van der Waals surface area contributed by atoms with Gasteiger partial charge in [-0.2, -0.15) is 8.78 Å². The monoisotopic (exact) mass is 296 g/mol. The third-order valence-electron chi connectivity index (χ3n) is 0. The number of allylic oxidation sites excluding steroid dienone is 1. The Bertz CT molecular complexity index is 61.9. The van der Waals surface area contributed by atoms with Crippen LogP contribution in [-0.4, -0.2) is 0 Å². The van der Waals surface area contributed by atoms with Crippen molar-refractivity contribution in [2.45, 2.75) is 6.92 Å². The molecule has 0 saturated carbocycles. The molecule has 0 aliphatic heterocycles. The second kappa shape index (κ2) is 391. The van der Waals surface area contributed by atoms with Crippen molar-refractivity contribution in [3.8, 4) is 0 Å². The fraction of sp³-hybridized carbons (Fsp3) is 0.200. The van der Waals surface area contributed by atoms with Crippen LogP contribution in [0.25, 0.3) is 0 Å². The Labute approximate surface area is 89.4 Å². The van der Waals surface area contributed by atoms with E-state index in [2.05, 4.69) is 13.2 Å². The molecule has 0 saturated heterocycles. The first-order chi connectivity index (χ1) is 3.15. The molecular formula is C5H8F12-10. The molecule has 0 heterocycles. The van der Waals surface area contributed by atoms with Crippen LogP contribution in [0.5, 0.6) is 0 Å². The maximum atomic E-state index is 10.1. The molecule has 0 N–H and O–H groups in total. The molecule has 0 aromatic rings. The summed E-state index contributed by atoms with van der Waals surface area (Å²) >= 11 is 0. The predicted molar refractivity (Wildman–Crippen MR) is 27.2 cm³/mol. The van der Waals surface area contributed by atoms with E-state index in [0.29, 0.717) is 0 Å². The molecule has 0 bridgehead atoms. The Morgan fingerprint density at radius 3 is 0.706 bits per heavy atom. The summed E-state index contributed by atoms with van der Waals surface area (Å²) < 4.78 is 20.3. The van der Waals surface area contributed by atoms with Crippen molar-refractivity contribution < 1.29 is 55.8 Å². The normalized spacial score (nSPS) is 2.29. The summed E-state index contributed by atoms with van der Waals surface area (Å²) in [7, 11) is 0. The lowest BCUT2D eigenvalue weighted by atomic mass is 10.8. The molecule has 0 atom stereocenters. The molecule has 0 amide bonds. The molecule has 17 heavy (non-hydrogen) atoms. The van der Waals surface area contributed by atoms with E-state index >= 15 is 0 Å². The molecule has 0 spiro atoms. The summed E-state index contributed by atoms with van der Waals surface area (Å²) in [6.07, 6.45) is -0.0833. The van der Waals surface area contributed by atoms with E-state index in [9.17, 15) is 8.78 Å². The first-order valence-electron chi connectivity index (χ1n) is 1.72. The summed E-state index contributed by atoms with van der Waals surface area (Å²) in [6.45, 7) is 7.47. The van der Waals surface area contributed by atoms with Gasteiger partial charge >= 0.3 is 0 Å². The maximum absolute atomic E-state index is 10.1. The average Bonchev–Trinajstić information content (AvgIpc) is 1.33. The van der Waals surface area contributed by atoms with E-state index in [1.807, 2.05) is 6.92 Å². The number of rotatable bonds is 0. The highest BCUT2D eigenvalue weighted by Crippen LogP contribution is 1.85. The maximum Gasteiger partial charge on any atom is 0.263 e. The van der Waals surface area contributed by atoms with Crippen LogP contribution in [0.3, 0.4) is 0 Å². The fourth-order valence-electron chi connectivity index (χ4n) is 0. The molecule has 0 nitrogen and oxygen atoms in total. The highest BCUT2D eigenvalue weighted by molar-refractivity contribution is 4.57. The molecule has 0 aliphatic carbocycles. The molecule has 0 aromatic carbocycles. The third kappa shape index (κ3) is 1260. The molecule has 0 unspecified atom stereocenters. The summed E-state index contributed by atoms with van der Waals surface area (Å²) in [4.78, 5) is 0. The van der Waals surface area contributed by atoms with E-state index in [1.54, 1.807) is 6.08 Å². The van der Waals surface area contributed by atoms with Crippen LogP contribution in [0.15, 0.2) is 25.3 Å². The van der Waals surface area contributed by atoms with E-state index < -0.39 is 6.08 Å². The number of halogens is 12. The topological polar surface area (TPSA) is 0 Å². The van der Waals surface area contributed by atoms with Crippen molar-refractivity contribution in [1.29, 1.82) is 0 Å². The van der Waals surface area contributed by atoms with E-state index in [-0.39, 0.29) is 47.0 Å². The van der Waals surface area contributed by atoms with Gasteiger partial charge in [-0.15, -0.1) is 6.58 Å². The van der Waals surface area contributed by atoms with Gasteiger partial charge in [-0.25, -0.2) is 0 Å². The molecule has 0 radical (unpaired) electrons. The molecule has 0 rings (SSSR count). The van der Waals surface area contributed by atoms with Crippen molar-refractivity contribution in [1.82, 2.24) is 0 Å². The number of hydrogen-bond acceptors (Lipinski definition) is 0. The standard InChI is InChI=1S/C3H6.C2H2F2.10FH/c1-3-2;1-2(3)4;;;;;;;;;;/h3H,1H2,2H3;1H2;10*1H/p-10. The quantitative estimate of drug-likeness (QED) is 0.308. The summed E-state index contributed by atoms with van der Waals surface area (Å²) in [6, 6.07) is 0. The Kier molecular flexibility index (Phi) is 5820. The van der Waals surface area contributed by atoms with Gasteiger partial charge in [-0.05, 0) is 13.5 Å². The lowest BCUT2D eigenvalue weighted by Gasteiger charge is -1.54. The second-order valence-corrected chi connectivity index (χ2v) is 0.747. The van der Waals surface area contributed by atoms with Crippen LogP contribution in [0.4, 0.5) is 8.78 Å². The highest BCUT2D eigenvalue weighted by atomic mass is 19.3. The van der Waals surface area contributed by atoms with Crippen molar-refractivity contribution in [2.75, 3.05) is 0 Å². The van der Waals surface area contributed by atoms with Crippen LogP contribution in [0, 0.1) is 0 Å². The average molecular weight is 296 g/mol. The molecule has 0 aliphatic rings. The van der Waals surface area contributed by atoms with Crippen molar-refractivity contribution in [3.05, 3.63) is 25.3 Å². The van der Waals surface area contributed by atoms with Gasteiger partial charge in [0.15, 0.2) is 0 Å². The minimum Gasteiger partial charge on any atom is -1.00 e. The van der Waals surface area contributed by atoms with Crippen molar-refractivity contribution >= 4 is 0 Å². The highest BCUT2D eigenvalue weighted by Gasteiger charge is 1.65. The third-order valence-corrected chi connectivity index (χ3v) is 0. The molecule has 0 aromatic heterocycles. The van der Waals surface area contributed by atoms with E-state index in [1.165, 1.54) is 0 Å². The van der Waals surface area contributed by atoms with Crippen LogP contribution in [0.2, 0.25) is 0 Å².